The second-order valence-corrected chi connectivity index (χ2v) is 4.95. The van der Waals surface area contributed by atoms with Crippen LogP contribution in [0, 0.1) is 0 Å². The van der Waals surface area contributed by atoms with Gasteiger partial charge in [-0.15, -0.1) is 0 Å². The summed E-state index contributed by atoms with van der Waals surface area (Å²) >= 11 is 0. The molecule has 0 saturated carbocycles. The van der Waals surface area contributed by atoms with Crippen molar-refractivity contribution >= 4 is 0 Å². The van der Waals surface area contributed by atoms with Gasteiger partial charge in [0.15, 0.2) is 5.82 Å². The van der Waals surface area contributed by atoms with Crippen LogP contribution in [0.5, 0.6) is 0 Å². The second kappa shape index (κ2) is 4.90. The molecule has 1 unspecified atom stereocenters. The van der Waals surface area contributed by atoms with E-state index in [1.54, 1.807) is 6.20 Å². The van der Waals surface area contributed by atoms with Gasteiger partial charge in [0.05, 0.1) is 5.69 Å². The normalized spacial score (nSPS) is 21.6. The number of nitrogens with zero attached hydrogens (tertiary/aromatic N) is 2. The van der Waals surface area contributed by atoms with Crippen LogP contribution < -0.4 is 11.5 Å². The largest absolute Gasteiger partial charge is 0.402 e. The molecule has 0 radical (unpaired) electrons. The molecule has 1 aromatic carbocycles. The zero-order valence-corrected chi connectivity index (χ0v) is 11.0. The van der Waals surface area contributed by atoms with Crippen molar-refractivity contribution in [3.8, 4) is 11.3 Å². The summed E-state index contributed by atoms with van der Waals surface area (Å²) in [5.74, 6) is 0.589. The van der Waals surface area contributed by atoms with Crippen LogP contribution in [0.1, 0.15) is 12.2 Å². The number of rotatable bonds is 2. The highest BCUT2D eigenvalue weighted by molar-refractivity contribution is 5.58. The molecule has 4 N–H and O–H groups in total. The van der Waals surface area contributed by atoms with Gasteiger partial charge in [-0.1, -0.05) is 42.5 Å². The van der Waals surface area contributed by atoms with Gasteiger partial charge >= 0.3 is 0 Å². The molecule has 0 bridgehead atoms. The molecular weight excluding hydrogens is 248 g/mol. The van der Waals surface area contributed by atoms with Crippen molar-refractivity contribution in [1.82, 2.24) is 9.97 Å². The van der Waals surface area contributed by atoms with E-state index in [9.17, 15) is 0 Å². The maximum absolute atomic E-state index is 6.39. The number of hydrogen-bond donors (Lipinski definition) is 2. The molecule has 0 amide bonds. The molecule has 0 fully saturated rings. The molecule has 0 spiro atoms. The molecule has 1 atom stereocenters. The zero-order valence-electron chi connectivity index (χ0n) is 11.0. The Bertz CT molecular complexity index is 676. The Balaban J connectivity index is 2.00. The Morgan fingerprint density at radius 2 is 1.90 bits per heavy atom. The molecule has 1 aliphatic carbocycles. The third-order valence-corrected chi connectivity index (χ3v) is 3.34. The molecular formula is C16H16N4. The SMILES string of the molecule is NC1=CC=CC(N)(c2nccc(-c3ccccc3)n2)C1. The predicted molar refractivity (Wildman–Crippen MR) is 79.4 cm³/mol. The summed E-state index contributed by atoms with van der Waals surface area (Å²) in [4.78, 5) is 8.93. The summed E-state index contributed by atoms with van der Waals surface area (Å²) in [7, 11) is 0. The lowest BCUT2D eigenvalue weighted by Gasteiger charge is -2.26. The lowest BCUT2D eigenvalue weighted by molar-refractivity contribution is 0.510. The average Bonchev–Trinajstić information content (AvgIpc) is 2.48. The van der Waals surface area contributed by atoms with Gasteiger partial charge in [-0.2, -0.15) is 0 Å². The lowest BCUT2D eigenvalue weighted by atomic mass is 9.89. The number of hydrogen-bond acceptors (Lipinski definition) is 4. The van der Waals surface area contributed by atoms with Crippen LogP contribution in [0.3, 0.4) is 0 Å². The third kappa shape index (κ3) is 2.33. The summed E-state index contributed by atoms with van der Waals surface area (Å²) in [5, 5.41) is 0. The van der Waals surface area contributed by atoms with E-state index in [0.717, 1.165) is 17.0 Å². The number of nitrogens with two attached hydrogens (primary N) is 2. The first-order valence-electron chi connectivity index (χ1n) is 6.49. The zero-order chi connectivity index (χ0) is 14.0. The second-order valence-electron chi connectivity index (χ2n) is 4.95. The van der Waals surface area contributed by atoms with E-state index in [4.69, 9.17) is 11.5 Å². The fourth-order valence-electron chi connectivity index (χ4n) is 2.31. The fraction of sp³-hybridized carbons (Fsp3) is 0.125. The van der Waals surface area contributed by atoms with Gasteiger partial charge in [0.2, 0.25) is 0 Å². The Kier molecular flexibility index (Phi) is 3.08. The minimum absolute atomic E-state index is 0.530. The lowest BCUT2D eigenvalue weighted by Crippen LogP contribution is -2.39. The molecule has 20 heavy (non-hydrogen) atoms. The minimum Gasteiger partial charge on any atom is -0.402 e. The molecule has 1 aliphatic rings. The number of allylic oxidation sites excluding steroid dienone is 2. The predicted octanol–water partition coefficient (Wildman–Crippen LogP) is 2.10. The van der Waals surface area contributed by atoms with Crippen molar-refractivity contribution < 1.29 is 0 Å². The molecule has 0 saturated heterocycles. The molecule has 3 rings (SSSR count). The van der Waals surface area contributed by atoms with Crippen molar-refractivity contribution in [2.45, 2.75) is 12.0 Å². The Hall–Kier alpha value is -2.46. The van der Waals surface area contributed by atoms with Gasteiger partial charge in [-0.3, -0.25) is 0 Å². The van der Waals surface area contributed by atoms with Crippen LogP contribution >= 0.6 is 0 Å². The van der Waals surface area contributed by atoms with Crippen LogP contribution in [-0.4, -0.2) is 9.97 Å². The van der Waals surface area contributed by atoms with E-state index >= 15 is 0 Å². The van der Waals surface area contributed by atoms with E-state index in [2.05, 4.69) is 9.97 Å². The van der Waals surface area contributed by atoms with Crippen molar-refractivity contribution in [1.29, 1.82) is 0 Å². The highest BCUT2D eigenvalue weighted by Crippen LogP contribution is 2.27. The van der Waals surface area contributed by atoms with E-state index < -0.39 is 5.54 Å². The first-order chi connectivity index (χ1) is 9.67. The van der Waals surface area contributed by atoms with Crippen molar-refractivity contribution in [2.75, 3.05) is 0 Å². The first kappa shape index (κ1) is 12.6. The van der Waals surface area contributed by atoms with Gasteiger partial charge in [-0.25, -0.2) is 9.97 Å². The number of benzene rings is 1. The van der Waals surface area contributed by atoms with Gasteiger partial charge < -0.3 is 11.5 Å². The Labute approximate surface area is 117 Å². The molecule has 4 nitrogen and oxygen atoms in total. The monoisotopic (exact) mass is 264 g/mol. The summed E-state index contributed by atoms with van der Waals surface area (Å²) in [6, 6.07) is 11.9. The maximum atomic E-state index is 6.39. The fourth-order valence-corrected chi connectivity index (χ4v) is 2.31. The van der Waals surface area contributed by atoms with Gasteiger partial charge in [-0.05, 0) is 12.1 Å². The van der Waals surface area contributed by atoms with E-state index in [1.165, 1.54) is 0 Å². The van der Waals surface area contributed by atoms with Crippen molar-refractivity contribution in [2.24, 2.45) is 11.5 Å². The Morgan fingerprint density at radius 3 is 2.65 bits per heavy atom. The van der Waals surface area contributed by atoms with Crippen molar-refractivity contribution in [3.63, 3.8) is 0 Å². The topological polar surface area (TPSA) is 77.8 Å². The summed E-state index contributed by atoms with van der Waals surface area (Å²) < 4.78 is 0. The number of aromatic nitrogens is 2. The smallest absolute Gasteiger partial charge is 0.153 e. The highest BCUT2D eigenvalue weighted by atomic mass is 15.0. The van der Waals surface area contributed by atoms with Crippen LogP contribution in [-0.2, 0) is 5.54 Å². The van der Waals surface area contributed by atoms with Crippen LogP contribution in [0.4, 0.5) is 0 Å². The first-order valence-corrected chi connectivity index (χ1v) is 6.49. The van der Waals surface area contributed by atoms with Gasteiger partial charge in [0.1, 0.15) is 5.54 Å². The molecule has 0 aliphatic heterocycles. The summed E-state index contributed by atoms with van der Waals surface area (Å²) in [6.45, 7) is 0. The maximum Gasteiger partial charge on any atom is 0.153 e. The molecule has 2 aromatic rings. The third-order valence-electron chi connectivity index (χ3n) is 3.34. The molecule has 100 valence electrons. The van der Waals surface area contributed by atoms with E-state index in [1.807, 2.05) is 54.6 Å². The standard InChI is InChI=1S/C16H16N4/c17-13-7-4-9-16(18,11-13)15-19-10-8-14(20-15)12-5-2-1-3-6-12/h1-10H,11,17-18H2. The van der Waals surface area contributed by atoms with E-state index in [-0.39, 0.29) is 0 Å². The van der Waals surface area contributed by atoms with Gasteiger partial charge in [0, 0.05) is 23.9 Å². The van der Waals surface area contributed by atoms with Gasteiger partial charge in [0.25, 0.3) is 0 Å². The quantitative estimate of drug-likeness (QED) is 0.870. The van der Waals surface area contributed by atoms with Crippen molar-refractivity contribution in [3.05, 3.63) is 72.3 Å². The summed E-state index contributed by atoms with van der Waals surface area (Å²) in [6.07, 6.45) is 7.88. The average molecular weight is 264 g/mol. The highest BCUT2D eigenvalue weighted by Gasteiger charge is 2.30. The Morgan fingerprint density at radius 1 is 1.10 bits per heavy atom. The van der Waals surface area contributed by atoms with E-state index in [0.29, 0.717) is 12.2 Å². The molecule has 1 aromatic heterocycles. The minimum atomic E-state index is -0.733. The summed E-state index contributed by atoms with van der Waals surface area (Å²) in [5.41, 5.74) is 14.2. The molecule has 1 heterocycles. The van der Waals surface area contributed by atoms with Crippen LogP contribution in [0.2, 0.25) is 0 Å². The molecule has 4 heteroatoms. The van der Waals surface area contributed by atoms with Crippen LogP contribution in [0.25, 0.3) is 11.3 Å². The van der Waals surface area contributed by atoms with Crippen LogP contribution in [0.15, 0.2) is 66.5 Å².